The van der Waals surface area contributed by atoms with Crippen LogP contribution in [0.15, 0.2) is 60.7 Å². The van der Waals surface area contributed by atoms with Crippen LogP contribution in [0.1, 0.15) is 45.5 Å². The van der Waals surface area contributed by atoms with Crippen molar-refractivity contribution in [2.45, 2.75) is 37.8 Å². The lowest BCUT2D eigenvalue weighted by Crippen LogP contribution is -2.31. The first-order valence-electron chi connectivity index (χ1n) is 15.0. The summed E-state index contributed by atoms with van der Waals surface area (Å²) in [5.41, 5.74) is 8.15. The van der Waals surface area contributed by atoms with Crippen LogP contribution in [0.3, 0.4) is 0 Å². The molecule has 0 fully saturated rings. The van der Waals surface area contributed by atoms with Gasteiger partial charge in [0.2, 0.25) is 0 Å². The minimum atomic E-state index is 0.0731. The molecular weight excluding hydrogens is 556 g/mol. The van der Waals surface area contributed by atoms with Gasteiger partial charge in [0.05, 0.1) is 28.4 Å². The fraction of sp³-hybridized carbons (Fsp3) is 0.333. The highest BCUT2D eigenvalue weighted by Crippen LogP contribution is 2.41. The van der Waals surface area contributed by atoms with Gasteiger partial charge >= 0.3 is 0 Å². The van der Waals surface area contributed by atoms with Crippen LogP contribution in [0.2, 0.25) is 0 Å². The van der Waals surface area contributed by atoms with E-state index in [0.29, 0.717) is 35.5 Å². The van der Waals surface area contributed by atoms with E-state index in [0.717, 1.165) is 48.6 Å². The van der Waals surface area contributed by atoms with Gasteiger partial charge in [0.25, 0.3) is 0 Å². The maximum Gasteiger partial charge on any atom is 0.161 e. The summed E-state index contributed by atoms with van der Waals surface area (Å²) in [5.74, 6) is 3.14. The van der Waals surface area contributed by atoms with Crippen LogP contribution in [0.5, 0.6) is 34.5 Å². The van der Waals surface area contributed by atoms with Crippen LogP contribution < -0.4 is 29.6 Å². The van der Waals surface area contributed by atoms with E-state index in [-0.39, 0.29) is 23.6 Å². The monoisotopic (exact) mass is 596 g/mol. The normalized spacial score (nSPS) is 17.4. The molecule has 2 aliphatic rings. The molecule has 0 aromatic heterocycles. The molecule has 4 aromatic rings. The van der Waals surface area contributed by atoms with Crippen molar-refractivity contribution < 1.29 is 29.2 Å². The average Bonchev–Trinajstić information content (AvgIpc) is 3.05. The van der Waals surface area contributed by atoms with Gasteiger partial charge < -0.3 is 39.8 Å². The van der Waals surface area contributed by atoms with Crippen molar-refractivity contribution in [3.8, 4) is 45.6 Å². The Morgan fingerprint density at radius 2 is 0.955 bits per heavy atom. The molecule has 6 rings (SSSR count). The molecular formula is C36H40N2O6. The number of phenolic OH excluding ortho intramolecular Hbond substituents is 2. The molecule has 0 saturated heterocycles. The number of aromatic hydroxyl groups is 2. The van der Waals surface area contributed by atoms with E-state index in [2.05, 4.69) is 34.9 Å². The van der Waals surface area contributed by atoms with E-state index in [1.54, 1.807) is 40.6 Å². The molecule has 0 saturated carbocycles. The smallest absolute Gasteiger partial charge is 0.161 e. The molecule has 0 radical (unpaired) electrons. The highest BCUT2D eigenvalue weighted by molar-refractivity contribution is 5.76. The van der Waals surface area contributed by atoms with Crippen LogP contribution in [0, 0.1) is 0 Å². The Morgan fingerprint density at radius 1 is 0.568 bits per heavy atom. The summed E-state index contributed by atoms with van der Waals surface area (Å²) in [5, 5.41) is 29.2. The van der Waals surface area contributed by atoms with Gasteiger partial charge in [0.15, 0.2) is 23.0 Å². The van der Waals surface area contributed by atoms with E-state index >= 15 is 0 Å². The Kier molecular flexibility index (Phi) is 8.55. The maximum atomic E-state index is 11.0. The predicted molar refractivity (Wildman–Crippen MR) is 171 cm³/mol. The second kappa shape index (κ2) is 12.7. The summed E-state index contributed by atoms with van der Waals surface area (Å²) in [6, 6.07) is 19.7. The lowest BCUT2D eigenvalue weighted by Gasteiger charge is -2.29. The minimum Gasteiger partial charge on any atom is -0.507 e. The molecule has 0 spiro atoms. The third kappa shape index (κ3) is 5.75. The first-order chi connectivity index (χ1) is 21.4. The van der Waals surface area contributed by atoms with Crippen molar-refractivity contribution in [2.24, 2.45) is 0 Å². The molecule has 2 atom stereocenters. The lowest BCUT2D eigenvalue weighted by molar-refractivity contribution is 0.352. The number of methoxy groups -OCH3 is 4. The van der Waals surface area contributed by atoms with Gasteiger partial charge in [0.1, 0.15) is 11.5 Å². The zero-order chi connectivity index (χ0) is 30.8. The molecule has 0 bridgehead atoms. The predicted octanol–water partition coefficient (Wildman–Crippen LogP) is 5.66. The number of hydrogen-bond donors (Lipinski definition) is 4. The third-order valence-electron chi connectivity index (χ3n) is 8.90. The van der Waals surface area contributed by atoms with Crippen LogP contribution >= 0.6 is 0 Å². The molecule has 8 nitrogen and oxygen atoms in total. The van der Waals surface area contributed by atoms with Gasteiger partial charge in [-0.1, -0.05) is 12.1 Å². The molecule has 8 heteroatoms. The van der Waals surface area contributed by atoms with Gasteiger partial charge in [0, 0.05) is 23.2 Å². The maximum absolute atomic E-state index is 11.0. The Balaban J connectivity index is 1.28. The third-order valence-corrected chi connectivity index (χ3v) is 8.90. The molecule has 2 aliphatic heterocycles. The number of fused-ring (bicyclic) bond motifs is 2. The standard InChI is InChI=1S/C36H40N2O6/c1-41-33-17-23-9-11-37-29(25(23)19-35(33)43-3)15-21-5-7-31(39)27(13-21)28-14-22(6-8-32(28)40)16-30-26-20-36(44-4)34(42-2)18-24(26)10-12-38-30/h5-8,13-14,17-20,29-30,37-40H,9-12,15-16H2,1-4H3. The Hall–Kier alpha value is -4.40. The van der Waals surface area contributed by atoms with Gasteiger partial charge in [-0.2, -0.15) is 0 Å². The molecule has 2 heterocycles. The quantitative estimate of drug-likeness (QED) is 0.197. The molecule has 4 N–H and O–H groups in total. The van der Waals surface area contributed by atoms with Crippen LogP contribution in [-0.4, -0.2) is 51.7 Å². The van der Waals surface area contributed by atoms with Gasteiger partial charge in [-0.3, -0.25) is 0 Å². The number of ether oxygens (including phenoxy) is 4. The van der Waals surface area contributed by atoms with Crippen LogP contribution in [-0.2, 0) is 25.7 Å². The fourth-order valence-electron chi connectivity index (χ4n) is 6.62. The fourth-order valence-corrected chi connectivity index (χ4v) is 6.62. The van der Waals surface area contributed by atoms with Gasteiger partial charge in [-0.25, -0.2) is 0 Å². The number of phenols is 2. The zero-order valence-corrected chi connectivity index (χ0v) is 25.7. The van der Waals surface area contributed by atoms with Gasteiger partial charge in [-0.05, 0) is 121 Å². The lowest BCUT2D eigenvalue weighted by atomic mass is 9.88. The summed E-state index contributed by atoms with van der Waals surface area (Å²) >= 11 is 0. The highest BCUT2D eigenvalue weighted by Gasteiger charge is 2.25. The summed E-state index contributed by atoms with van der Waals surface area (Å²) in [7, 11) is 6.62. The van der Waals surface area contributed by atoms with E-state index in [1.165, 1.54) is 22.3 Å². The molecule has 44 heavy (non-hydrogen) atoms. The van der Waals surface area contributed by atoms with Crippen LogP contribution in [0.25, 0.3) is 11.1 Å². The Morgan fingerprint density at radius 3 is 1.34 bits per heavy atom. The van der Waals surface area contributed by atoms with Crippen molar-refractivity contribution in [2.75, 3.05) is 41.5 Å². The van der Waals surface area contributed by atoms with Crippen molar-refractivity contribution in [3.05, 3.63) is 94.0 Å². The van der Waals surface area contributed by atoms with E-state index in [4.69, 9.17) is 18.9 Å². The second-order valence-electron chi connectivity index (χ2n) is 11.4. The summed E-state index contributed by atoms with van der Waals surface area (Å²) < 4.78 is 22.2. The second-order valence-corrected chi connectivity index (χ2v) is 11.4. The zero-order valence-electron chi connectivity index (χ0n) is 25.7. The number of benzene rings is 4. The topological polar surface area (TPSA) is 101 Å². The van der Waals surface area contributed by atoms with Gasteiger partial charge in [-0.15, -0.1) is 0 Å². The molecule has 0 aliphatic carbocycles. The van der Waals surface area contributed by atoms with Crippen molar-refractivity contribution in [3.63, 3.8) is 0 Å². The molecule has 4 aromatic carbocycles. The minimum absolute atomic E-state index is 0.0731. The average molecular weight is 597 g/mol. The van der Waals surface area contributed by atoms with E-state index < -0.39 is 0 Å². The summed E-state index contributed by atoms with van der Waals surface area (Å²) in [6.07, 6.45) is 3.25. The molecule has 0 amide bonds. The summed E-state index contributed by atoms with van der Waals surface area (Å²) in [4.78, 5) is 0. The highest BCUT2D eigenvalue weighted by atomic mass is 16.5. The summed E-state index contributed by atoms with van der Waals surface area (Å²) in [6.45, 7) is 1.72. The van der Waals surface area contributed by atoms with Crippen molar-refractivity contribution >= 4 is 0 Å². The Labute approximate surface area is 258 Å². The van der Waals surface area contributed by atoms with E-state index in [1.807, 2.05) is 24.3 Å². The van der Waals surface area contributed by atoms with E-state index in [9.17, 15) is 10.2 Å². The Bertz CT molecular complexity index is 1550. The van der Waals surface area contributed by atoms with Crippen molar-refractivity contribution in [1.29, 1.82) is 0 Å². The first kappa shape index (κ1) is 29.7. The van der Waals surface area contributed by atoms with Crippen LogP contribution in [0.4, 0.5) is 0 Å². The van der Waals surface area contributed by atoms with Crippen molar-refractivity contribution in [1.82, 2.24) is 10.6 Å². The number of rotatable bonds is 9. The molecule has 2 unspecified atom stereocenters. The molecule has 230 valence electrons. The first-order valence-corrected chi connectivity index (χ1v) is 15.0. The number of nitrogens with one attached hydrogen (secondary N) is 2. The number of hydrogen-bond acceptors (Lipinski definition) is 8. The SMILES string of the molecule is COc1cc2c(cc1OC)C(Cc1ccc(O)c(-c3cc(CC4NCCc5cc(OC)c(OC)cc54)ccc3O)c1)NCC2. The largest absolute Gasteiger partial charge is 0.507 e.